The molecule has 2 atom stereocenters. The summed E-state index contributed by atoms with van der Waals surface area (Å²) in [5, 5.41) is 0. The van der Waals surface area contributed by atoms with Gasteiger partial charge >= 0.3 is 0 Å². The van der Waals surface area contributed by atoms with Crippen LogP contribution >= 0.6 is 0 Å². The van der Waals surface area contributed by atoms with E-state index in [0.29, 0.717) is 6.61 Å². The molecule has 0 heterocycles. The summed E-state index contributed by atoms with van der Waals surface area (Å²) in [7, 11) is -3.42. The lowest BCUT2D eigenvalue weighted by atomic mass is 9.95. The Balaban J connectivity index is 1.92. The minimum Gasteiger partial charge on any atom is -0.371 e. The van der Waals surface area contributed by atoms with Gasteiger partial charge in [-0.05, 0) is 18.4 Å². The molecule has 0 aromatic heterocycles. The summed E-state index contributed by atoms with van der Waals surface area (Å²) < 4.78 is 33.4. The van der Waals surface area contributed by atoms with E-state index in [9.17, 15) is 8.42 Å². The van der Waals surface area contributed by atoms with Gasteiger partial charge in [0.05, 0.1) is 19.0 Å². The molecule has 0 unspecified atom stereocenters. The summed E-state index contributed by atoms with van der Waals surface area (Å²) in [5.74, 6) is 0. The van der Waals surface area contributed by atoms with Crippen LogP contribution in [0.4, 0.5) is 0 Å². The van der Waals surface area contributed by atoms with Crippen LogP contribution in [0, 0.1) is 0 Å². The molecule has 1 aromatic carbocycles. The first-order valence-corrected chi connectivity index (χ1v) is 8.40. The zero-order valence-corrected chi connectivity index (χ0v) is 11.9. The Morgan fingerprint density at radius 1 is 1.11 bits per heavy atom. The predicted octanol–water partition coefficient (Wildman–Crippen LogP) is 2.49. The molecule has 5 heteroatoms. The monoisotopic (exact) mass is 284 g/mol. The van der Waals surface area contributed by atoms with Gasteiger partial charge in [-0.15, -0.1) is 0 Å². The maximum Gasteiger partial charge on any atom is 0.264 e. The molecule has 1 aliphatic carbocycles. The van der Waals surface area contributed by atoms with Gasteiger partial charge in [-0.1, -0.05) is 43.2 Å². The van der Waals surface area contributed by atoms with E-state index in [1.54, 1.807) is 0 Å². The zero-order chi connectivity index (χ0) is 13.7. The maximum atomic E-state index is 11.2. The van der Waals surface area contributed by atoms with Crippen molar-refractivity contribution in [2.45, 2.75) is 44.5 Å². The van der Waals surface area contributed by atoms with E-state index in [2.05, 4.69) is 0 Å². The molecule has 106 valence electrons. The van der Waals surface area contributed by atoms with Crippen LogP contribution in [0.1, 0.15) is 31.2 Å². The second-order valence-corrected chi connectivity index (χ2v) is 6.56. The largest absolute Gasteiger partial charge is 0.371 e. The van der Waals surface area contributed by atoms with Crippen LogP contribution in [0.15, 0.2) is 30.3 Å². The van der Waals surface area contributed by atoms with Gasteiger partial charge in [-0.25, -0.2) is 0 Å². The lowest BCUT2D eigenvalue weighted by Gasteiger charge is -2.30. The third-order valence-electron chi connectivity index (χ3n) is 3.25. The highest BCUT2D eigenvalue weighted by atomic mass is 32.2. The van der Waals surface area contributed by atoms with Crippen molar-refractivity contribution < 1.29 is 17.3 Å². The molecular weight excluding hydrogens is 264 g/mol. The van der Waals surface area contributed by atoms with Crippen molar-refractivity contribution in [1.29, 1.82) is 0 Å². The Kier molecular flexibility index (Phi) is 4.96. The Hall–Kier alpha value is -0.910. The van der Waals surface area contributed by atoms with Crippen LogP contribution in [0.25, 0.3) is 0 Å². The van der Waals surface area contributed by atoms with E-state index in [1.807, 2.05) is 30.3 Å². The number of hydrogen-bond acceptors (Lipinski definition) is 4. The minimum atomic E-state index is -3.42. The molecule has 0 N–H and O–H groups in total. The highest BCUT2D eigenvalue weighted by molar-refractivity contribution is 7.86. The van der Waals surface area contributed by atoms with E-state index >= 15 is 0 Å². The average molecular weight is 284 g/mol. The summed E-state index contributed by atoms with van der Waals surface area (Å²) in [6.07, 6.45) is 4.26. The summed E-state index contributed by atoms with van der Waals surface area (Å²) in [4.78, 5) is 0. The van der Waals surface area contributed by atoms with Crippen LogP contribution in [-0.2, 0) is 25.6 Å². The summed E-state index contributed by atoms with van der Waals surface area (Å²) in [6, 6.07) is 9.87. The minimum absolute atomic E-state index is 0.135. The van der Waals surface area contributed by atoms with Crippen molar-refractivity contribution in [1.82, 2.24) is 0 Å². The molecule has 1 aromatic rings. The highest BCUT2D eigenvalue weighted by Crippen LogP contribution is 2.25. The van der Waals surface area contributed by atoms with Gasteiger partial charge in [-0.2, -0.15) is 8.42 Å². The maximum absolute atomic E-state index is 11.2. The van der Waals surface area contributed by atoms with E-state index in [4.69, 9.17) is 8.92 Å². The van der Waals surface area contributed by atoms with Crippen LogP contribution < -0.4 is 0 Å². The lowest BCUT2D eigenvalue weighted by molar-refractivity contribution is -0.0530. The van der Waals surface area contributed by atoms with Crippen LogP contribution in [0.2, 0.25) is 0 Å². The molecule has 19 heavy (non-hydrogen) atoms. The molecule has 4 nitrogen and oxygen atoms in total. The van der Waals surface area contributed by atoms with Crippen molar-refractivity contribution >= 4 is 10.1 Å². The van der Waals surface area contributed by atoms with Crippen molar-refractivity contribution in [2.75, 3.05) is 6.26 Å². The van der Waals surface area contributed by atoms with Gasteiger partial charge in [0, 0.05) is 0 Å². The molecule has 0 aliphatic heterocycles. The molecule has 1 fully saturated rings. The van der Waals surface area contributed by atoms with Gasteiger partial charge < -0.3 is 4.74 Å². The first-order chi connectivity index (χ1) is 9.04. The Morgan fingerprint density at radius 3 is 2.37 bits per heavy atom. The quantitative estimate of drug-likeness (QED) is 0.780. The molecule has 0 amide bonds. The lowest BCUT2D eigenvalue weighted by Crippen LogP contribution is -2.36. The van der Waals surface area contributed by atoms with Gasteiger partial charge in [0.2, 0.25) is 0 Å². The fourth-order valence-electron chi connectivity index (χ4n) is 2.37. The number of hydrogen-bond donors (Lipinski definition) is 0. The molecule has 0 radical (unpaired) electrons. The fourth-order valence-corrected chi connectivity index (χ4v) is 3.03. The summed E-state index contributed by atoms with van der Waals surface area (Å²) >= 11 is 0. The molecule has 0 bridgehead atoms. The Labute approximate surface area is 114 Å². The highest BCUT2D eigenvalue weighted by Gasteiger charge is 2.29. The Bertz CT molecular complexity index is 483. The SMILES string of the molecule is CS(=O)(=O)O[C@@H]1CCCC[C@@H]1OCc1ccccc1. The average Bonchev–Trinajstić information content (AvgIpc) is 2.37. The number of rotatable bonds is 5. The standard InChI is InChI=1S/C14H20O4S/c1-19(15,16)18-14-10-6-5-9-13(14)17-11-12-7-3-2-4-8-12/h2-4,7-8,13-14H,5-6,9-11H2,1H3/t13-,14+/m0/s1. The topological polar surface area (TPSA) is 52.6 Å². The second kappa shape index (κ2) is 6.50. The number of benzene rings is 1. The van der Waals surface area contributed by atoms with E-state index < -0.39 is 10.1 Å². The smallest absolute Gasteiger partial charge is 0.264 e. The zero-order valence-electron chi connectivity index (χ0n) is 11.1. The second-order valence-electron chi connectivity index (χ2n) is 4.96. The molecular formula is C14H20O4S. The van der Waals surface area contributed by atoms with Crippen LogP contribution in [-0.4, -0.2) is 26.9 Å². The van der Waals surface area contributed by atoms with Gasteiger partial charge in [-0.3, -0.25) is 4.18 Å². The molecule has 0 spiro atoms. The third kappa shape index (κ3) is 4.93. The first kappa shape index (κ1) is 14.5. The van der Waals surface area contributed by atoms with E-state index in [0.717, 1.165) is 37.5 Å². The normalized spacial score (nSPS) is 24.3. The first-order valence-electron chi connectivity index (χ1n) is 6.58. The van der Waals surface area contributed by atoms with Crippen molar-refractivity contribution in [2.24, 2.45) is 0 Å². The van der Waals surface area contributed by atoms with Crippen molar-refractivity contribution in [3.63, 3.8) is 0 Å². The molecule has 1 aliphatic rings. The summed E-state index contributed by atoms with van der Waals surface area (Å²) in [6.45, 7) is 0.495. The van der Waals surface area contributed by atoms with Gasteiger partial charge in [0.1, 0.15) is 6.10 Å². The number of ether oxygens (including phenoxy) is 1. The molecule has 1 saturated carbocycles. The van der Waals surface area contributed by atoms with E-state index in [1.165, 1.54) is 0 Å². The van der Waals surface area contributed by atoms with Crippen molar-refractivity contribution in [3.8, 4) is 0 Å². The molecule has 2 rings (SSSR count). The third-order valence-corrected chi connectivity index (χ3v) is 3.84. The van der Waals surface area contributed by atoms with Gasteiger partial charge in [0.25, 0.3) is 10.1 Å². The van der Waals surface area contributed by atoms with E-state index in [-0.39, 0.29) is 12.2 Å². The van der Waals surface area contributed by atoms with Crippen molar-refractivity contribution in [3.05, 3.63) is 35.9 Å². The molecule has 0 saturated heterocycles. The Morgan fingerprint density at radius 2 is 1.74 bits per heavy atom. The fraction of sp³-hybridized carbons (Fsp3) is 0.571. The summed E-state index contributed by atoms with van der Waals surface area (Å²) in [5.41, 5.74) is 1.09. The van der Waals surface area contributed by atoms with Crippen LogP contribution in [0.5, 0.6) is 0 Å². The van der Waals surface area contributed by atoms with Crippen LogP contribution in [0.3, 0.4) is 0 Å². The predicted molar refractivity (Wildman–Crippen MR) is 73.2 cm³/mol. The van der Waals surface area contributed by atoms with Gasteiger partial charge in [0.15, 0.2) is 0 Å².